The fourth-order valence-corrected chi connectivity index (χ4v) is 0. The van der Waals surface area contributed by atoms with E-state index < -0.39 is 6.77 Å². The van der Waals surface area contributed by atoms with Gasteiger partial charge in [0.15, 0.2) is 0 Å². The van der Waals surface area contributed by atoms with Crippen molar-refractivity contribution in [3.63, 3.8) is 0 Å². The number of hydrogen-bond acceptors (Lipinski definition) is 1. The molecular weight excluding hydrogens is 104 g/mol. The molecule has 0 saturated heterocycles. The van der Waals surface area contributed by atoms with Crippen LogP contribution in [0.4, 0.5) is 0 Å². The molecule has 0 aromatic rings. The molecule has 0 saturated carbocycles. The molecule has 5 heavy (non-hydrogen) atoms. The fraction of sp³-hybridized carbons (Fsp3) is 1.00. The van der Waals surface area contributed by atoms with Crippen LogP contribution in [0.5, 0.6) is 0 Å². The molecule has 0 aliphatic heterocycles. The molecule has 3 heteroatoms. The number of nitrogens with two attached hydrogens (primary N) is 1. The van der Waals surface area contributed by atoms with Crippen LogP contribution in [0.3, 0.4) is 0 Å². The van der Waals surface area contributed by atoms with E-state index in [0.29, 0.717) is 0 Å². The summed E-state index contributed by atoms with van der Waals surface area (Å²) in [5.41, 5.74) is 5.26. The van der Waals surface area contributed by atoms with Crippen molar-refractivity contribution in [1.29, 1.82) is 0 Å². The quantitative estimate of drug-likeness (QED) is 0.467. The Morgan fingerprint density at radius 3 is 1.60 bits per heavy atom. The Bertz CT molecular complexity index is 25.1. The van der Waals surface area contributed by atoms with Gasteiger partial charge < -0.3 is 0 Å². The number of hydrogen-bond donors (Lipinski definition) is 1. The Hall–Kier alpha value is 0.680. The molecule has 34 valence electrons. The molecule has 0 aliphatic carbocycles. The molecule has 0 unspecified atom stereocenters. The SMILES string of the molecule is C[PH](C)(N)Cl. The summed E-state index contributed by atoms with van der Waals surface area (Å²) in [7, 11) is 0. The molecule has 0 rings (SSSR count). The van der Waals surface area contributed by atoms with Crippen molar-refractivity contribution in [1.82, 2.24) is 0 Å². The second-order valence-corrected chi connectivity index (χ2v) is 7.62. The first kappa shape index (κ1) is 5.68. The van der Waals surface area contributed by atoms with Crippen molar-refractivity contribution in [2.75, 3.05) is 13.3 Å². The van der Waals surface area contributed by atoms with Crippen molar-refractivity contribution in [2.45, 2.75) is 0 Å². The standard InChI is InChI=1S/C2H9ClNP/c1-5(2,3)4/h5H,4H2,1-2H3. The Morgan fingerprint density at radius 1 is 1.60 bits per heavy atom. The maximum atomic E-state index is 5.45. The van der Waals surface area contributed by atoms with Crippen LogP contribution < -0.4 is 5.50 Å². The summed E-state index contributed by atoms with van der Waals surface area (Å²) in [6, 6.07) is 0. The first-order valence-corrected chi connectivity index (χ1v) is 5.57. The second kappa shape index (κ2) is 1.42. The van der Waals surface area contributed by atoms with Gasteiger partial charge in [0.05, 0.1) is 0 Å². The van der Waals surface area contributed by atoms with Crippen LogP contribution in [0.15, 0.2) is 0 Å². The summed E-state index contributed by atoms with van der Waals surface area (Å²) in [5, 5.41) is 0. The minimum absolute atomic E-state index is 1.64. The summed E-state index contributed by atoms with van der Waals surface area (Å²) in [6.07, 6.45) is 0. The molecule has 0 aromatic carbocycles. The third-order valence-electron chi connectivity index (χ3n) is 0. The van der Waals surface area contributed by atoms with Gasteiger partial charge in [-0.2, -0.15) is 0 Å². The maximum absolute atomic E-state index is 5.45. The van der Waals surface area contributed by atoms with Gasteiger partial charge in [-0.05, 0) is 0 Å². The number of halogens is 1. The van der Waals surface area contributed by atoms with Crippen molar-refractivity contribution in [3.8, 4) is 0 Å². The van der Waals surface area contributed by atoms with E-state index in [1.807, 2.05) is 13.3 Å². The van der Waals surface area contributed by atoms with E-state index in [1.165, 1.54) is 0 Å². The molecule has 0 atom stereocenters. The van der Waals surface area contributed by atoms with Gasteiger partial charge in [0.2, 0.25) is 0 Å². The van der Waals surface area contributed by atoms with E-state index in [-0.39, 0.29) is 0 Å². The van der Waals surface area contributed by atoms with Gasteiger partial charge in [0.1, 0.15) is 0 Å². The molecular formula is C2H9ClNP. The molecule has 0 fully saturated rings. The second-order valence-electron chi connectivity index (χ2n) is 1.56. The average molecular weight is 114 g/mol. The van der Waals surface area contributed by atoms with Crippen LogP contribution in [-0.2, 0) is 0 Å². The molecule has 0 aromatic heterocycles. The zero-order valence-electron chi connectivity index (χ0n) is 3.46. The van der Waals surface area contributed by atoms with Gasteiger partial charge in [0, 0.05) is 0 Å². The van der Waals surface area contributed by atoms with Gasteiger partial charge in [-0.3, -0.25) is 0 Å². The van der Waals surface area contributed by atoms with Crippen LogP contribution in [-0.4, -0.2) is 13.3 Å². The van der Waals surface area contributed by atoms with Gasteiger partial charge >= 0.3 is 36.8 Å². The monoisotopic (exact) mass is 113 g/mol. The van der Waals surface area contributed by atoms with Crippen LogP contribution in [0.1, 0.15) is 0 Å². The Morgan fingerprint density at radius 2 is 1.60 bits per heavy atom. The molecule has 0 aliphatic rings. The van der Waals surface area contributed by atoms with E-state index in [1.54, 1.807) is 0 Å². The molecule has 0 heterocycles. The summed E-state index contributed by atoms with van der Waals surface area (Å²) < 4.78 is 0. The van der Waals surface area contributed by atoms with E-state index in [0.717, 1.165) is 0 Å². The summed E-state index contributed by atoms with van der Waals surface area (Å²) in [6.45, 7) is 2.10. The van der Waals surface area contributed by atoms with Crippen LogP contribution in [0.2, 0.25) is 0 Å². The van der Waals surface area contributed by atoms with Crippen LogP contribution in [0.25, 0.3) is 0 Å². The van der Waals surface area contributed by atoms with E-state index in [2.05, 4.69) is 0 Å². The van der Waals surface area contributed by atoms with Gasteiger partial charge in [-0.25, -0.2) is 0 Å². The van der Waals surface area contributed by atoms with E-state index >= 15 is 0 Å². The van der Waals surface area contributed by atoms with Crippen molar-refractivity contribution in [3.05, 3.63) is 0 Å². The average Bonchev–Trinajstić information content (AvgIpc) is 0.722. The summed E-state index contributed by atoms with van der Waals surface area (Å²) in [4.78, 5) is 0. The summed E-state index contributed by atoms with van der Waals surface area (Å²) in [5.74, 6) is 0. The topological polar surface area (TPSA) is 26.0 Å². The molecule has 2 N–H and O–H groups in total. The fourth-order valence-electron chi connectivity index (χ4n) is 0. The first-order chi connectivity index (χ1) is 2.00. The third-order valence-corrected chi connectivity index (χ3v) is 0. The molecule has 0 bridgehead atoms. The number of rotatable bonds is 0. The predicted molar refractivity (Wildman–Crippen MR) is 30.2 cm³/mol. The van der Waals surface area contributed by atoms with E-state index in [9.17, 15) is 0 Å². The van der Waals surface area contributed by atoms with Crippen molar-refractivity contribution < 1.29 is 0 Å². The zero-order valence-corrected chi connectivity index (χ0v) is 5.21. The zero-order chi connectivity index (χ0) is 4.50. The van der Waals surface area contributed by atoms with Crippen molar-refractivity contribution in [2.24, 2.45) is 5.50 Å². The molecule has 0 spiro atoms. The van der Waals surface area contributed by atoms with Crippen molar-refractivity contribution >= 4 is 18.0 Å². The Kier molecular flexibility index (Phi) is 1.61. The first-order valence-electron chi connectivity index (χ1n) is 1.48. The Labute approximate surface area is 37.7 Å². The molecule has 1 nitrogen and oxygen atoms in total. The van der Waals surface area contributed by atoms with Crippen LogP contribution in [0, 0.1) is 0 Å². The van der Waals surface area contributed by atoms with E-state index in [4.69, 9.17) is 16.7 Å². The third kappa shape index (κ3) is 72.7. The predicted octanol–water partition coefficient (Wildman–Crippen LogP) is 1.02. The summed E-state index contributed by atoms with van der Waals surface area (Å²) >= 11 is 5.45. The van der Waals surface area contributed by atoms with Gasteiger partial charge in [-0.1, -0.05) is 0 Å². The molecule has 0 amide bonds. The van der Waals surface area contributed by atoms with Crippen LogP contribution >= 0.6 is 18.0 Å². The molecule has 0 radical (unpaired) electrons. The van der Waals surface area contributed by atoms with Gasteiger partial charge in [-0.15, -0.1) is 0 Å². The van der Waals surface area contributed by atoms with Gasteiger partial charge in [0.25, 0.3) is 0 Å². The normalized spacial score (nSPS) is 15.2. The minimum atomic E-state index is -1.64. The Balaban J connectivity index is 3.02.